The molecule has 1 aliphatic carbocycles. The largest absolute Gasteiger partial charge is 0.323 e. The van der Waals surface area contributed by atoms with Gasteiger partial charge in [0.05, 0.1) is 28.3 Å². The van der Waals surface area contributed by atoms with Crippen LogP contribution in [0, 0.1) is 13.8 Å². The van der Waals surface area contributed by atoms with Gasteiger partial charge in [0.2, 0.25) is 0 Å². The molecule has 0 bridgehead atoms. The van der Waals surface area contributed by atoms with Gasteiger partial charge in [0.15, 0.2) is 0 Å². The van der Waals surface area contributed by atoms with E-state index in [2.05, 4.69) is 217 Å². The van der Waals surface area contributed by atoms with Gasteiger partial charge in [-0.1, -0.05) is 115 Å². The Balaban J connectivity index is 1.17. The van der Waals surface area contributed by atoms with Crippen molar-refractivity contribution < 1.29 is 0 Å². The van der Waals surface area contributed by atoms with Crippen LogP contribution in [0.4, 0.5) is 22.7 Å². The van der Waals surface area contributed by atoms with Crippen LogP contribution in [-0.2, 0) is 5.54 Å². The third kappa shape index (κ3) is 5.34. The topological polar surface area (TPSA) is 11.4 Å². The van der Waals surface area contributed by atoms with E-state index in [0.717, 1.165) is 34.7 Å². The van der Waals surface area contributed by atoms with Crippen LogP contribution in [0.25, 0.3) is 63.0 Å². The monoisotopic (exact) mass is 819 g/mol. The SMILES string of the molecule is C=C/C=C\c1c(N(c2ccccc2)C23CC=CC=C2N(c2ccc4sc5ccccc5c4c2)c2ccc(C)cc23)c2cc(C)ccc2n1-c1ccc2sc3ccccc3c2c1. The molecule has 0 saturated heterocycles. The van der Waals surface area contributed by atoms with Crippen LogP contribution >= 0.6 is 22.7 Å². The number of para-hydroxylation sites is 1. The summed E-state index contributed by atoms with van der Waals surface area (Å²) in [4.78, 5) is 5.22. The summed E-state index contributed by atoms with van der Waals surface area (Å²) < 4.78 is 7.69. The number of rotatable bonds is 7. The zero-order valence-corrected chi connectivity index (χ0v) is 35.6. The molecule has 292 valence electrons. The summed E-state index contributed by atoms with van der Waals surface area (Å²) >= 11 is 3.72. The number of anilines is 4. The molecular weight excluding hydrogens is 779 g/mol. The summed E-state index contributed by atoms with van der Waals surface area (Å²) in [5, 5.41) is 6.37. The Hall–Kier alpha value is -6.92. The van der Waals surface area contributed by atoms with Crippen molar-refractivity contribution >= 4 is 103 Å². The summed E-state index contributed by atoms with van der Waals surface area (Å²) in [6, 6.07) is 56.7. The van der Waals surface area contributed by atoms with Gasteiger partial charge >= 0.3 is 0 Å². The lowest BCUT2D eigenvalue weighted by Crippen LogP contribution is -2.45. The maximum atomic E-state index is 4.18. The summed E-state index contributed by atoms with van der Waals surface area (Å²) in [6.45, 7) is 8.62. The Bertz CT molecular complexity index is 3520. The zero-order valence-electron chi connectivity index (χ0n) is 34.0. The fourth-order valence-corrected chi connectivity index (χ4v) is 12.3. The van der Waals surface area contributed by atoms with E-state index in [-0.39, 0.29) is 0 Å². The predicted octanol–water partition coefficient (Wildman–Crippen LogP) is 16.2. The fraction of sp³-hybridized carbons (Fsp3) is 0.0714. The minimum Gasteiger partial charge on any atom is -0.323 e. The van der Waals surface area contributed by atoms with Gasteiger partial charge in [0, 0.05) is 68.4 Å². The first-order chi connectivity index (χ1) is 30.0. The van der Waals surface area contributed by atoms with E-state index in [4.69, 9.17) is 0 Å². The summed E-state index contributed by atoms with van der Waals surface area (Å²) in [6.07, 6.45) is 14.0. The summed E-state index contributed by atoms with van der Waals surface area (Å²) in [7, 11) is 0. The number of allylic oxidation sites excluding steroid dienone is 4. The highest BCUT2D eigenvalue weighted by Crippen LogP contribution is 2.61. The molecule has 5 heteroatoms. The lowest BCUT2D eigenvalue weighted by atomic mass is 9.79. The molecule has 4 heterocycles. The Morgan fingerprint density at radius 2 is 1.26 bits per heavy atom. The van der Waals surface area contributed by atoms with E-state index in [9.17, 15) is 0 Å². The maximum Gasteiger partial charge on any atom is 0.116 e. The summed E-state index contributed by atoms with van der Waals surface area (Å²) in [5.41, 5.74) is 12.4. The molecule has 0 spiro atoms. The Morgan fingerprint density at radius 1 is 0.623 bits per heavy atom. The molecule has 2 aliphatic rings. The highest BCUT2D eigenvalue weighted by atomic mass is 32.1. The zero-order chi connectivity index (χ0) is 40.8. The fourth-order valence-electron chi connectivity index (χ4n) is 10.1. The van der Waals surface area contributed by atoms with Crippen LogP contribution in [-0.4, -0.2) is 4.57 Å². The number of aromatic nitrogens is 1. The Morgan fingerprint density at radius 3 is 2.00 bits per heavy atom. The van der Waals surface area contributed by atoms with E-state index in [1.807, 2.05) is 28.7 Å². The number of hydrogen-bond donors (Lipinski definition) is 0. The van der Waals surface area contributed by atoms with E-state index in [1.165, 1.54) is 79.5 Å². The average molecular weight is 820 g/mol. The van der Waals surface area contributed by atoms with Gasteiger partial charge in [-0.15, -0.1) is 22.7 Å². The second-order valence-corrected chi connectivity index (χ2v) is 18.5. The third-order valence-corrected chi connectivity index (χ3v) is 15.0. The molecule has 0 fully saturated rings. The molecule has 0 saturated carbocycles. The second kappa shape index (κ2) is 13.8. The first-order valence-corrected chi connectivity index (χ1v) is 22.6. The standard InChI is InChI=1S/C56H41N3S2/c1-4-5-19-49-55(45-32-36(2)23-27-47(45)57(49)39-25-29-52-43(34-39)41-17-9-11-20-50(41)60-52)59(38-15-7-6-8-16-38)56-31-14-13-22-54(56)58(48-28-24-37(3)33-46(48)56)40-26-30-53-44(35-40)42-18-10-12-21-51(42)61-53/h4-30,32-35H,1,31H2,2-3H3/b19-5-. The van der Waals surface area contributed by atoms with Gasteiger partial charge in [-0.3, -0.25) is 0 Å². The number of aryl methyl sites for hydroxylation is 2. The minimum absolute atomic E-state index is 0.615. The van der Waals surface area contributed by atoms with Crippen molar-refractivity contribution in [2.24, 2.45) is 0 Å². The van der Waals surface area contributed by atoms with E-state index in [0.29, 0.717) is 0 Å². The average Bonchev–Trinajstić information content (AvgIpc) is 4.02. The smallest absolute Gasteiger partial charge is 0.116 e. The first kappa shape index (κ1) is 36.0. The van der Waals surface area contributed by atoms with Crippen molar-refractivity contribution in [2.75, 3.05) is 9.80 Å². The molecule has 61 heavy (non-hydrogen) atoms. The molecule has 0 N–H and O–H groups in total. The first-order valence-electron chi connectivity index (χ1n) is 20.9. The van der Waals surface area contributed by atoms with Crippen molar-refractivity contribution in [3.05, 3.63) is 217 Å². The van der Waals surface area contributed by atoms with Crippen LogP contribution in [0.15, 0.2) is 194 Å². The molecule has 1 unspecified atom stereocenters. The third-order valence-electron chi connectivity index (χ3n) is 12.7. The second-order valence-electron chi connectivity index (χ2n) is 16.3. The lowest BCUT2D eigenvalue weighted by molar-refractivity contribution is 0.528. The van der Waals surface area contributed by atoms with E-state index in [1.54, 1.807) is 0 Å². The Labute approximate surface area is 363 Å². The lowest BCUT2D eigenvalue weighted by Gasteiger charge is -2.46. The van der Waals surface area contributed by atoms with Gasteiger partial charge < -0.3 is 14.4 Å². The van der Waals surface area contributed by atoms with Gasteiger partial charge in [-0.2, -0.15) is 0 Å². The van der Waals surface area contributed by atoms with E-state index < -0.39 is 5.54 Å². The number of thiophene rings is 2. The van der Waals surface area contributed by atoms with Crippen LogP contribution in [0.3, 0.4) is 0 Å². The van der Waals surface area contributed by atoms with Crippen molar-refractivity contribution in [2.45, 2.75) is 25.8 Å². The van der Waals surface area contributed by atoms with Crippen LogP contribution in [0.5, 0.6) is 0 Å². The minimum atomic E-state index is -0.615. The van der Waals surface area contributed by atoms with Gasteiger partial charge in [-0.05, 0) is 111 Å². The molecule has 1 atom stereocenters. The maximum absolute atomic E-state index is 4.18. The number of benzene rings is 7. The molecule has 0 amide bonds. The number of fused-ring (bicyclic) bond motifs is 10. The number of hydrogen-bond acceptors (Lipinski definition) is 4. The van der Waals surface area contributed by atoms with Crippen LogP contribution in [0.1, 0.15) is 28.8 Å². The highest BCUT2D eigenvalue weighted by molar-refractivity contribution is 7.26. The van der Waals surface area contributed by atoms with Crippen LogP contribution in [0.2, 0.25) is 0 Å². The van der Waals surface area contributed by atoms with Crippen LogP contribution < -0.4 is 9.80 Å². The van der Waals surface area contributed by atoms with Crippen molar-refractivity contribution in [1.82, 2.24) is 4.57 Å². The Kier molecular flexibility index (Phi) is 8.15. The molecule has 1 aliphatic heterocycles. The van der Waals surface area contributed by atoms with Crippen molar-refractivity contribution in [1.29, 1.82) is 0 Å². The molecule has 0 radical (unpaired) electrons. The molecule has 3 nitrogen and oxygen atoms in total. The normalized spacial score (nSPS) is 16.0. The molecular formula is C56H41N3S2. The van der Waals surface area contributed by atoms with Gasteiger partial charge in [-0.25, -0.2) is 0 Å². The number of nitrogens with zero attached hydrogens (tertiary/aromatic N) is 3. The molecule has 10 aromatic rings. The van der Waals surface area contributed by atoms with Crippen molar-refractivity contribution in [3.8, 4) is 5.69 Å². The van der Waals surface area contributed by atoms with Crippen molar-refractivity contribution in [3.63, 3.8) is 0 Å². The predicted molar refractivity (Wildman–Crippen MR) is 265 cm³/mol. The quantitative estimate of drug-likeness (QED) is 0.148. The van der Waals surface area contributed by atoms with Gasteiger partial charge in [0.1, 0.15) is 5.54 Å². The molecule has 12 rings (SSSR count). The molecule has 7 aromatic carbocycles. The molecule has 3 aromatic heterocycles. The summed E-state index contributed by atoms with van der Waals surface area (Å²) in [5.74, 6) is 0. The van der Waals surface area contributed by atoms with E-state index >= 15 is 0 Å². The van der Waals surface area contributed by atoms with Gasteiger partial charge in [0.25, 0.3) is 0 Å². The highest BCUT2D eigenvalue weighted by Gasteiger charge is 2.53.